The number of H-pyrrole nitrogens is 1. The van der Waals surface area contributed by atoms with Gasteiger partial charge in [-0.05, 0) is 122 Å². The Bertz CT molecular complexity index is 1900. The van der Waals surface area contributed by atoms with E-state index in [1.165, 1.54) is 57.0 Å². The van der Waals surface area contributed by atoms with E-state index in [-0.39, 0.29) is 23.0 Å². The maximum atomic E-state index is 14.6. The van der Waals surface area contributed by atoms with Gasteiger partial charge in [0.25, 0.3) is 5.56 Å². The van der Waals surface area contributed by atoms with Crippen LogP contribution in [0, 0.1) is 40.3 Å². The number of aliphatic hydroxyl groups is 1. The highest BCUT2D eigenvalue weighted by molar-refractivity contribution is 6.04. The number of hydrogen-bond acceptors (Lipinski definition) is 7. The van der Waals surface area contributed by atoms with Crippen LogP contribution in [-0.4, -0.2) is 59.9 Å². The Balaban J connectivity index is 0.920. The van der Waals surface area contributed by atoms with Gasteiger partial charge in [0.05, 0.1) is 48.2 Å². The van der Waals surface area contributed by atoms with Crippen molar-refractivity contribution < 1.29 is 19.0 Å². The largest absolute Gasteiger partial charge is 0.491 e. The van der Waals surface area contributed by atoms with Gasteiger partial charge in [-0.15, -0.1) is 0 Å². The van der Waals surface area contributed by atoms with Crippen molar-refractivity contribution >= 4 is 28.6 Å². The van der Waals surface area contributed by atoms with Gasteiger partial charge in [0.1, 0.15) is 24.0 Å². The zero-order valence-electron chi connectivity index (χ0n) is 29.9. The second kappa shape index (κ2) is 13.3. The molecular weight excluding hydrogens is 647 g/mol. The van der Waals surface area contributed by atoms with Gasteiger partial charge in [0.2, 0.25) is 0 Å². The molecule has 0 spiro atoms. The summed E-state index contributed by atoms with van der Waals surface area (Å²) in [6.45, 7) is 6.04. The van der Waals surface area contributed by atoms with Gasteiger partial charge < -0.3 is 25.6 Å². The maximum absolute atomic E-state index is 14.6. The number of aliphatic hydroxyl groups excluding tert-OH is 1. The van der Waals surface area contributed by atoms with Gasteiger partial charge in [-0.25, -0.2) is 14.5 Å². The van der Waals surface area contributed by atoms with E-state index in [0.717, 1.165) is 48.3 Å². The van der Waals surface area contributed by atoms with Crippen molar-refractivity contribution in [2.24, 2.45) is 50.2 Å². The molecule has 0 amide bonds. The van der Waals surface area contributed by atoms with E-state index in [2.05, 4.69) is 39.3 Å². The van der Waals surface area contributed by atoms with Crippen LogP contribution in [0.5, 0.6) is 5.75 Å². The van der Waals surface area contributed by atoms with Gasteiger partial charge >= 0.3 is 0 Å². The number of halogens is 1. The van der Waals surface area contributed by atoms with Crippen LogP contribution in [0.1, 0.15) is 94.9 Å². The second-order valence-electron chi connectivity index (χ2n) is 16.3. The fourth-order valence-electron chi connectivity index (χ4n) is 11.5. The third-order valence-electron chi connectivity index (χ3n) is 14.0. The lowest BCUT2D eigenvalue weighted by molar-refractivity contribution is -0.142. The molecule has 2 heterocycles. The molecule has 51 heavy (non-hydrogen) atoms. The van der Waals surface area contributed by atoms with Gasteiger partial charge in [0, 0.05) is 18.1 Å². The number of amidine groups is 1. The van der Waals surface area contributed by atoms with Gasteiger partial charge in [-0.3, -0.25) is 9.79 Å². The Morgan fingerprint density at radius 2 is 1.84 bits per heavy atom. The van der Waals surface area contributed by atoms with Crippen molar-refractivity contribution in [2.75, 3.05) is 25.6 Å². The predicted molar refractivity (Wildman–Crippen MR) is 197 cm³/mol. The van der Waals surface area contributed by atoms with Gasteiger partial charge in [-0.2, -0.15) is 5.10 Å². The first-order chi connectivity index (χ1) is 24.6. The molecule has 5 aliphatic rings. The first kappa shape index (κ1) is 34.3. The van der Waals surface area contributed by atoms with E-state index < -0.39 is 23.3 Å². The molecule has 4 aliphatic carbocycles. The fourth-order valence-corrected chi connectivity index (χ4v) is 11.5. The normalized spacial score (nSPS) is 36.0. The quantitative estimate of drug-likeness (QED) is 0.125. The molecule has 1 aliphatic heterocycles. The number of aromatic amines is 1. The molecular formula is C40H51FN6O4. The summed E-state index contributed by atoms with van der Waals surface area (Å²) in [4.78, 5) is 21.3. The molecule has 2 aromatic carbocycles. The molecule has 0 radical (unpaired) electrons. The number of rotatable bonds is 7. The van der Waals surface area contributed by atoms with E-state index >= 15 is 0 Å². The summed E-state index contributed by atoms with van der Waals surface area (Å²) in [5, 5.41) is 21.5. The molecule has 8 rings (SSSR count). The minimum Gasteiger partial charge on any atom is -0.491 e. The summed E-state index contributed by atoms with van der Waals surface area (Å²) in [6.07, 6.45) is 12.0. The van der Waals surface area contributed by atoms with E-state index in [1.807, 2.05) is 24.3 Å². The second-order valence-corrected chi connectivity index (χ2v) is 16.3. The lowest BCUT2D eigenvalue weighted by Gasteiger charge is -2.60. The Morgan fingerprint density at radius 1 is 1.06 bits per heavy atom. The SMILES string of the molecule is CN=C(N=CN)C1c2n[nH]c(=O)c3cc(F)cc(c23)NC1c1ccc(OCCO[C@H]2CC[C@H]3[C@@H]4CC[C@H]5CC(O)CC[C@]5(C)[C@H]4CC[C@]23C)cc1. The Hall–Kier alpha value is -3.83. The smallest absolute Gasteiger partial charge is 0.272 e. The molecule has 1 aromatic heterocycles. The number of hydrogen-bond donors (Lipinski definition) is 4. The highest BCUT2D eigenvalue weighted by Crippen LogP contribution is 2.66. The molecule has 11 heteroatoms. The molecule has 4 fully saturated rings. The summed E-state index contributed by atoms with van der Waals surface area (Å²) in [6, 6.07) is 9.97. The summed E-state index contributed by atoms with van der Waals surface area (Å²) in [5.41, 5.74) is 7.74. The van der Waals surface area contributed by atoms with Crippen LogP contribution >= 0.6 is 0 Å². The molecule has 4 saturated carbocycles. The zero-order chi connectivity index (χ0) is 35.5. The van der Waals surface area contributed by atoms with Crippen LogP contribution in [0.3, 0.4) is 0 Å². The predicted octanol–water partition coefficient (Wildman–Crippen LogP) is 6.50. The summed E-state index contributed by atoms with van der Waals surface area (Å²) in [5.74, 6) is 3.09. The first-order valence-corrected chi connectivity index (χ1v) is 18.9. The molecule has 272 valence electrons. The van der Waals surface area contributed by atoms with E-state index in [0.29, 0.717) is 47.1 Å². The highest BCUT2D eigenvalue weighted by atomic mass is 19.1. The molecule has 3 aromatic rings. The molecule has 0 saturated heterocycles. The van der Waals surface area contributed by atoms with E-state index in [4.69, 9.17) is 15.2 Å². The minimum absolute atomic E-state index is 0.0996. The molecule has 5 N–H and O–H groups in total. The molecule has 10 atom stereocenters. The summed E-state index contributed by atoms with van der Waals surface area (Å²) in [7, 11) is 1.63. The average molecular weight is 699 g/mol. The van der Waals surface area contributed by atoms with Crippen molar-refractivity contribution in [3.8, 4) is 5.75 Å². The number of fused-ring (bicyclic) bond motifs is 5. The third kappa shape index (κ3) is 5.75. The number of ether oxygens (including phenoxy) is 2. The monoisotopic (exact) mass is 698 g/mol. The van der Waals surface area contributed by atoms with Crippen molar-refractivity contribution in [3.05, 3.63) is 63.8 Å². The number of anilines is 1. The van der Waals surface area contributed by atoms with Crippen molar-refractivity contribution in [1.29, 1.82) is 0 Å². The number of nitrogens with one attached hydrogen (secondary N) is 2. The first-order valence-electron chi connectivity index (χ1n) is 18.9. The highest BCUT2D eigenvalue weighted by Gasteiger charge is 2.60. The minimum atomic E-state index is -0.516. The lowest BCUT2D eigenvalue weighted by atomic mass is 9.45. The zero-order valence-corrected chi connectivity index (χ0v) is 29.9. The number of aliphatic imine (C=N–C) groups is 2. The Labute approximate surface area is 298 Å². The standard InChI is InChI=1S/C40H51FN6O4/c1-39-14-12-25(48)18-23(39)6-9-27-29-10-11-32(40(29,2)15-13-30(27)39)51-17-16-50-26-7-4-22(5-8-26)35-34(37(43-3)44-21-42)36-33-28(38(49)47-46-36)19-24(41)20-31(33)45-35/h4-5,7-8,19-21,23,25,27,29-30,32,34-35,45,48H,6,9-18H2,1-3H3,(H,47,49)(H2,42,43,44)/t23-,25?,27-,29-,30-,32-,34?,35?,39-,40-/m0/s1. The van der Waals surface area contributed by atoms with Crippen LogP contribution in [0.15, 0.2) is 51.2 Å². The average Bonchev–Trinajstić information content (AvgIpc) is 3.46. The number of nitrogens with zero attached hydrogens (tertiary/aromatic N) is 3. The van der Waals surface area contributed by atoms with Crippen LogP contribution in [0.25, 0.3) is 10.8 Å². The van der Waals surface area contributed by atoms with Crippen LogP contribution in [0.2, 0.25) is 0 Å². The summed E-state index contributed by atoms with van der Waals surface area (Å²) >= 11 is 0. The summed E-state index contributed by atoms with van der Waals surface area (Å²) < 4.78 is 27.4. The number of nitrogens with two attached hydrogens (primary N) is 1. The van der Waals surface area contributed by atoms with Crippen molar-refractivity contribution in [1.82, 2.24) is 10.2 Å². The maximum Gasteiger partial charge on any atom is 0.272 e. The molecule has 0 bridgehead atoms. The van der Waals surface area contributed by atoms with Gasteiger partial charge in [-0.1, -0.05) is 26.0 Å². The van der Waals surface area contributed by atoms with Crippen LogP contribution < -0.4 is 21.3 Å². The molecule has 3 unspecified atom stereocenters. The molecule has 10 nitrogen and oxygen atoms in total. The van der Waals surface area contributed by atoms with Gasteiger partial charge in [0.15, 0.2) is 0 Å². The lowest BCUT2D eigenvalue weighted by Crippen LogP contribution is -2.54. The topological polar surface area (TPSA) is 147 Å². The number of aromatic nitrogens is 2. The Morgan fingerprint density at radius 3 is 2.63 bits per heavy atom. The van der Waals surface area contributed by atoms with Crippen molar-refractivity contribution in [2.45, 2.75) is 95.8 Å². The van der Waals surface area contributed by atoms with Crippen LogP contribution in [0.4, 0.5) is 10.1 Å². The van der Waals surface area contributed by atoms with Crippen molar-refractivity contribution in [3.63, 3.8) is 0 Å². The number of benzene rings is 2. The van der Waals surface area contributed by atoms with E-state index in [9.17, 15) is 14.3 Å². The fraction of sp³-hybridized carbons (Fsp3) is 0.600. The van der Waals surface area contributed by atoms with E-state index in [1.54, 1.807) is 7.05 Å². The third-order valence-corrected chi connectivity index (χ3v) is 14.0. The van der Waals surface area contributed by atoms with Crippen LogP contribution in [-0.2, 0) is 4.74 Å². The Kier molecular flexibility index (Phi) is 8.93.